The molecule has 1 aliphatic heterocycles. The van der Waals surface area contributed by atoms with E-state index in [0.717, 1.165) is 22.7 Å². The van der Waals surface area contributed by atoms with Crippen molar-refractivity contribution in [3.8, 4) is 0 Å². The molecule has 2 heterocycles. The first kappa shape index (κ1) is 20.9. The van der Waals surface area contributed by atoms with Crippen molar-refractivity contribution >= 4 is 28.8 Å². The third-order valence-corrected chi connectivity index (χ3v) is 6.14. The molecule has 0 radical (unpaired) electrons. The zero-order chi connectivity index (χ0) is 20.5. The highest BCUT2D eigenvalue weighted by atomic mass is 32.1. The highest BCUT2D eigenvalue weighted by Gasteiger charge is 2.46. The van der Waals surface area contributed by atoms with Crippen molar-refractivity contribution in [1.82, 2.24) is 0 Å². The summed E-state index contributed by atoms with van der Waals surface area (Å²) in [6.45, 7) is 10.5. The molecular weight excluding hydrogens is 374 g/mol. The van der Waals surface area contributed by atoms with Gasteiger partial charge in [0.15, 0.2) is 5.78 Å². The van der Waals surface area contributed by atoms with Gasteiger partial charge in [-0.05, 0) is 44.1 Å². The van der Waals surface area contributed by atoms with Gasteiger partial charge in [0.25, 0.3) is 0 Å². The second kappa shape index (κ2) is 8.29. The van der Waals surface area contributed by atoms with Crippen LogP contribution in [0.1, 0.15) is 58.3 Å². The van der Waals surface area contributed by atoms with Gasteiger partial charge in [-0.15, -0.1) is 11.3 Å². The number of allylic oxidation sites excluding steroid dienone is 2. The van der Waals surface area contributed by atoms with Crippen molar-refractivity contribution in [3.05, 3.63) is 33.7 Å². The number of aliphatic imine (C=N–C) groups is 1. The van der Waals surface area contributed by atoms with Gasteiger partial charge in [-0.25, -0.2) is 0 Å². The minimum absolute atomic E-state index is 0.0893. The van der Waals surface area contributed by atoms with Crippen molar-refractivity contribution in [2.75, 3.05) is 13.2 Å². The molecule has 0 N–H and O–H groups in total. The molecule has 0 amide bonds. The number of carbonyl (C=O) groups excluding carboxylic acids is 2. The summed E-state index contributed by atoms with van der Waals surface area (Å²) in [5.74, 6) is -1.12. The van der Waals surface area contributed by atoms with E-state index in [1.807, 2.05) is 38.3 Å². The Hall–Kier alpha value is -1.79. The van der Waals surface area contributed by atoms with Crippen LogP contribution in [0.25, 0.3) is 0 Å². The van der Waals surface area contributed by atoms with E-state index < -0.39 is 5.92 Å². The van der Waals surface area contributed by atoms with Crippen LogP contribution in [0.5, 0.6) is 0 Å². The number of thiophene rings is 1. The van der Waals surface area contributed by atoms with Crippen molar-refractivity contribution in [3.63, 3.8) is 0 Å². The van der Waals surface area contributed by atoms with E-state index in [1.54, 1.807) is 11.3 Å². The quantitative estimate of drug-likeness (QED) is 0.517. The lowest BCUT2D eigenvalue weighted by Crippen LogP contribution is -2.39. The summed E-state index contributed by atoms with van der Waals surface area (Å²) in [4.78, 5) is 31.8. The lowest BCUT2D eigenvalue weighted by molar-refractivity contribution is -0.148. The number of hydrogen-bond acceptors (Lipinski definition) is 6. The molecule has 28 heavy (non-hydrogen) atoms. The summed E-state index contributed by atoms with van der Waals surface area (Å²) in [6, 6.07) is 3.95. The average Bonchev–Trinajstić information content (AvgIpc) is 3.10. The van der Waals surface area contributed by atoms with Gasteiger partial charge in [-0.1, -0.05) is 19.9 Å². The average molecular weight is 404 g/mol. The van der Waals surface area contributed by atoms with Crippen LogP contribution in [0, 0.1) is 11.3 Å². The fourth-order valence-corrected chi connectivity index (χ4v) is 4.91. The maximum absolute atomic E-state index is 13.1. The summed E-state index contributed by atoms with van der Waals surface area (Å²) >= 11 is 1.57. The Labute approximate surface area is 170 Å². The number of hydrogen-bond donors (Lipinski definition) is 0. The normalized spacial score (nSPS) is 24.2. The molecule has 2 unspecified atom stereocenters. The van der Waals surface area contributed by atoms with Crippen LogP contribution < -0.4 is 0 Å². The topological polar surface area (TPSA) is 65.0 Å². The van der Waals surface area contributed by atoms with Crippen molar-refractivity contribution in [2.45, 2.75) is 59.5 Å². The molecule has 0 bridgehead atoms. The maximum Gasteiger partial charge on any atom is 0.315 e. The van der Waals surface area contributed by atoms with Gasteiger partial charge < -0.3 is 9.47 Å². The summed E-state index contributed by atoms with van der Waals surface area (Å²) < 4.78 is 11.0. The fraction of sp³-hybridized carbons (Fsp3) is 0.591. The summed E-state index contributed by atoms with van der Waals surface area (Å²) in [7, 11) is 0. The van der Waals surface area contributed by atoms with Crippen LogP contribution in [-0.2, 0) is 19.1 Å². The molecule has 0 spiro atoms. The molecule has 0 aromatic carbocycles. The Bertz CT molecular complexity index is 805. The molecule has 6 heteroatoms. The molecule has 1 aromatic heterocycles. The zero-order valence-electron chi connectivity index (χ0n) is 17.3. The first-order valence-electron chi connectivity index (χ1n) is 9.82. The number of Topliss-reactive ketones (excluding diaryl/α,β-unsaturated/α-hetero) is 1. The summed E-state index contributed by atoms with van der Waals surface area (Å²) in [5.41, 5.74) is 2.15. The molecule has 0 fully saturated rings. The van der Waals surface area contributed by atoms with Crippen LogP contribution in [0.15, 0.2) is 33.8 Å². The first-order chi connectivity index (χ1) is 13.2. The molecule has 2 aliphatic rings. The maximum atomic E-state index is 13.1. The molecule has 1 aromatic rings. The molecule has 0 saturated carbocycles. The zero-order valence-corrected chi connectivity index (χ0v) is 18.1. The van der Waals surface area contributed by atoms with Gasteiger partial charge >= 0.3 is 5.97 Å². The third kappa shape index (κ3) is 4.44. The van der Waals surface area contributed by atoms with Gasteiger partial charge in [0.05, 0.1) is 12.7 Å². The number of carbonyl (C=O) groups is 2. The highest BCUT2D eigenvalue weighted by molar-refractivity contribution is 7.10. The molecule has 3 rings (SSSR count). The van der Waals surface area contributed by atoms with Gasteiger partial charge in [0.2, 0.25) is 0 Å². The molecule has 2 atom stereocenters. The molecule has 1 aliphatic carbocycles. The summed E-state index contributed by atoms with van der Waals surface area (Å²) in [5, 5.41) is 1.98. The van der Waals surface area contributed by atoms with Crippen LogP contribution in [0.2, 0.25) is 0 Å². The number of ether oxygens (including phenoxy) is 2. The predicted octanol–water partition coefficient (Wildman–Crippen LogP) is 4.53. The van der Waals surface area contributed by atoms with E-state index in [1.165, 1.54) is 0 Å². The summed E-state index contributed by atoms with van der Waals surface area (Å²) in [6.07, 6.45) is 1.32. The third-order valence-electron chi connectivity index (χ3n) is 5.18. The number of ketones is 1. The van der Waals surface area contributed by atoms with Crippen molar-refractivity contribution in [2.24, 2.45) is 16.3 Å². The lowest BCUT2D eigenvalue weighted by atomic mass is 9.68. The van der Waals surface area contributed by atoms with Crippen LogP contribution in [-0.4, -0.2) is 36.8 Å². The Balaban J connectivity index is 1.91. The first-order valence-corrected chi connectivity index (χ1v) is 10.7. The van der Waals surface area contributed by atoms with Crippen LogP contribution in [0.3, 0.4) is 0 Å². The van der Waals surface area contributed by atoms with E-state index >= 15 is 0 Å². The van der Waals surface area contributed by atoms with Gasteiger partial charge in [-0.2, -0.15) is 0 Å². The predicted molar refractivity (Wildman–Crippen MR) is 111 cm³/mol. The minimum Gasteiger partial charge on any atom is -0.463 e. The second-order valence-corrected chi connectivity index (χ2v) is 9.59. The minimum atomic E-state index is -0.568. The van der Waals surface area contributed by atoms with E-state index in [9.17, 15) is 9.59 Å². The van der Waals surface area contributed by atoms with Crippen molar-refractivity contribution in [1.29, 1.82) is 0 Å². The standard InChI is InChI=1S/C22H29NO4S/c1-13(2)26-8-9-27-21(25)18-14(3)23-15-11-22(4,5)12-16(24)19(15)20(18)17-7-6-10-28-17/h6-7,10,13,18,20H,8-9,11-12H2,1-5H3. The lowest BCUT2D eigenvalue weighted by Gasteiger charge is -2.38. The number of nitrogens with zero attached hydrogens (tertiary/aromatic N) is 1. The van der Waals surface area contributed by atoms with Crippen LogP contribution >= 0.6 is 11.3 Å². The second-order valence-electron chi connectivity index (χ2n) is 8.61. The van der Waals surface area contributed by atoms with E-state index in [2.05, 4.69) is 13.8 Å². The number of rotatable bonds is 6. The number of esters is 1. The Morgan fingerprint density at radius 3 is 2.71 bits per heavy atom. The Morgan fingerprint density at radius 2 is 2.07 bits per heavy atom. The van der Waals surface area contributed by atoms with Gasteiger partial charge in [-0.3, -0.25) is 14.6 Å². The fourth-order valence-electron chi connectivity index (χ4n) is 4.04. The highest BCUT2D eigenvalue weighted by Crippen LogP contribution is 2.48. The molecule has 152 valence electrons. The Morgan fingerprint density at radius 1 is 1.32 bits per heavy atom. The largest absolute Gasteiger partial charge is 0.463 e. The monoisotopic (exact) mass is 403 g/mol. The Kier molecular flexibility index (Phi) is 6.20. The molecular formula is C22H29NO4S. The molecule has 5 nitrogen and oxygen atoms in total. The van der Waals surface area contributed by atoms with E-state index in [0.29, 0.717) is 18.6 Å². The van der Waals surface area contributed by atoms with E-state index in [4.69, 9.17) is 14.5 Å². The van der Waals surface area contributed by atoms with Gasteiger partial charge in [0, 0.05) is 34.2 Å². The van der Waals surface area contributed by atoms with Crippen molar-refractivity contribution < 1.29 is 19.1 Å². The van der Waals surface area contributed by atoms with Gasteiger partial charge in [0.1, 0.15) is 12.5 Å². The molecule has 0 saturated heterocycles. The SMILES string of the molecule is CC1=NC2=C(C(=O)CC(C)(C)C2)C(c2cccs2)C1C(=O)OCCOC(C)C. The van der Waals surface area contributed by atoms with Crippen LogP contribution in [0.4, 0.5) is 0 Å². The van der Waals surface area contributed by atoms with E-state index in [-0.39, 0.29) is 35.8 Å². The smallest absolute Gasteiger partial charge is 0.315 e.